The van der Waals surface area contributed by atoms with Crippen molar-refractivity contribution in [2.75, 3.05) is 0 Å². The van der Waals surface area contributed by atoms with E-state index in [1.807, 2.05) is 0 Å². The first-order valence-electron chi connectivity index (χ1n) is 7.66. The molecule has 0 saturated heterocycles. The fourth-order valence-electron chi connectivity index (χ4n) is 2.80. The molecule has 1 aliphatic heterocycles. The van der Waals surface area contributed by atoms with E-state index in [0.717, 1.165) is 6.07 Å². The van der Waals surface area contributed by atoms with Crippen molar-refractivity contribution in [3.05, 3.63) is 82.6 Å². The quantitative estimate of drug-likeness (QED) is 0.646. The highest BCUT2D eigenvalue weighted by atomic mass is 32.2. The molecule has 7 heteroatoms. The average Bonchev–Trinajstić information content (AvgIpc) is 2.90. The third-order valence-corrected chi connectivity index (χ3v) is 4.45. The molecule has 0 aromatic heterocycles. The molecule has 2 aromatic carbocycles. The van der Waals surface area contributed by atoms with Crippen molar-refractivity contribution in [2.24, 2.45) is 0 Å². The van der Waals surface area contributed by atoms with Crippen LogP contribution in [0, 0.1) is 11.6 Å². The maximum Gasteiger partial charge on any atom is 0.344 e. The molecule has 1 unspecified atom stereocenters. The van der Waals surface area contributed by atoms with Crippen molar-refractivity contribution in [3.8, 4) is 0 Å². The highest BCUT2D eigenvalue weighted by molar-refractivity contribution is 7.78. The number of hydrogen-bond acceptors (Lipinski definition) is 3. The Balaban J connectivity index is 2.20. The molecule has 0 radical (unpaired) electrons. The maximum atomic E-state index is 14.7. The Morgan fingerprint density at radius 1 is 1.15 bits per heavy atom. The number of hydrogen-bond donors (Lipinski definition) is 1. The van der Waals surface area contributed by atoms with Gasteiger partial charge in [-0.05, 0) is 42.3 Å². The Hall–Kier alpha value is -2.64. The van der Waals surface area contributed by atoms with Crippen LogP contribution in [0.3, 0.4) is 0 Å². The third kappa shape index (κ3) is 3.49. The predicted octanol–water partition coefficient (Wildman–Crippen LogP) is 4.06. The Morgan fingerprint density at radius 3 is 2.54 bits per heavy atom. The van der Waals surface area contributed by atoms with E-state index in [-0.39, 0.29) is 33.8 Å². The van der Waals surface area contributed by atoms with Crippen molar-refractivity contribution < 1.29 is 27.1 Å². The maximum absolute atomic E-state index is 14.7. The lowest BCUT2D eigenvalue weighted by molar-refractivity contribution is -0.131. The third-order valence-electron chi connectivity index (χ3n) is 3.87. The predicted molar refractivity (Wildman–Crippen MR) is 93.9 cm³/mol. The molecule has 1 aliphatic rings. The van der Waals surface area contributed by atoms with Crippen LogP contribution in [0.25, 0.3) is 11.1 Å². The van der Waals surface area contributed by atoms with Gasteiger partial charge in [-0.2, -0.15) is 0 Å². The molecule has 0 saturated carbocycles. The minimum atomic E-state index is -2.10. The molecular weight excluding hydrogens is 362 g/mol. The SMILES string of the molecule is CC=C1OC(=O)C(c2cccc(F)c2)=C1c1ccc(CS(=O)O)cc1F. The van der Waals surface area contributed by atoms with Gasteiger partial charge in [-0.1, -0.05) is 24.3 Å². The number of ether oxygens (including phenoxy) is 1. The lowest BCUT2D eigenvalue weighted by atomic mass is 9.94. The van der Waals surface area contributed by atoms with Crippen LogP contribution in [-0.4, -0.2) is 14.7 Å². The van der Waals surface area contributed by atoms with E-state index in [1.54, 1.807) is 13.0 Å². The summed E-state index contributed by atoms with van der Waals surface area (Å²) in [4.78, 5) is 12.3. The van der Waals surface area contributed by atoms with Gasteiger partial charge in [-0.15, -0.1) is 0 Å². The molecule has 4 nitrogen and oxygen atoms in total. The zero-order chi connectivity index (χ0) is 18.8. The number of allylic oxidation sites excluding steroid dienone is 2. The minimum absolute atomic E-state index is 0.0648. The van der Waals surface area contributed by atoms with E-state index in [1.165, 1.54) is 36.4 Å². The molecular formula is C19H14F2O4S. The number of cyclic esters (lactones) is 1. The smallest absolute Gasteiger partial charge is 0.344 e. The number of rotatable bonds is 4. The van der Waals surface area contributed by atoms with Gasteiger partial charge in [0.1, 0.15) is 17.4 Å². The first kappa shape index (κ1) is 18.2. The van der Waals surface area contributed by atoms with Gasteiger partial charge in [0.25, 0.3) is 0 Å². The van der Waals surface area contributed by atoms with Crippen LogP contribution in [0.15, 0.2) is 54.3 Å². The topological polar surface area (TPSA) is 63.6 Å². The molecule has 26 heavy (non-hydrogen) atoms. The molecule has 134 valence electrons. The molecule has 1 heterocycles. The average molecular weight is 376 g/mol. The monoisotopic (exact) mass is 376 g/mol. The van der Waals surface area contributed by atoms with Gasteiger partial charge < -0.3 is 9.29 Å². The summed E-state index contributed by atoms with van der Waals surface area (Å²) in [6, 6.07) is 9.46. The van der Waals surface area contributed by atoms with Gasteiger partial charge in [0.05, 0.1) is 11.3 Å². The van der Waals surface area contributed by atoms with Gasteiger partial charge in [0.2, 0.25) is 0 Å². The summed E-state index contributed by atoms with van der Waals surface area (Å²) in [6.07, 6.45) is 1.52. The number of benzene rings is 2. The van der Waals surface area contributed by atoms with Crippen molar-refractivity contribution in [1.82, 2.24) is 0 Å². The van der Waals surface area contributed by atoms with Gasteiger partial charge >= 0.3 is 5.97 Å². The number of halogens is 2. The molecule has 1 N–H and O–H groups in total. The van der Waals surface area contributed by atoms with Gasteiger partial charge in [-0.3, -0.25) is 0 Å². The van der Waals surface area contributed by atoms with E-state index in [9.17, 15) is 17.8 Å². The summed E-state index contributed by atoms with van der Waals surface area (Å²) >= 11 is -2.10. The first-order valence-corrected chi connectivity index (χ1v) is 8.93. The van der Waals surface area contributed by atoms with Crippen LogP contribution in [0.2, 0.25) is 0 Å². The Bertz CT molecular complexity index is 979. The second kappa shape index (κ2) is 7.31. The summed E-state index contributed by atoms with van der Waals surface area (Å²) < 4.78 is 53.3. The Morgan fingerprint density at radius 2 is 1.92 bits per heavy atom. The normalized spacial score (nSPS) is 16.9. The standard InChI is InChI=1S/C19H14F2O4S/c1-2-16-18(14-7-6-11(8-15(14)21)10-26(23)24)17(19(22)25-16)12-4-3-5-13(20)9-12/h2-9H,10H2,1H3,(H,23,24). The van der Waals surface area contributed by atoms with E-state index in [0.29, 0.717) is 5.56 Å². The summed E-state index contributed by atoms with van der Waals surface area (Å²) in [5.74, 6) is -1.93. The molecule has 1 atom stereocenters. The van der Waals surface area contributed by atoms with E-state index >= 15 is 0 Å². The lowest BCUT2D eigenvalue weighted by Crippen LogP contribution is -1.99. The number of carbonyl (C=O) groups is 1. The first-order chi connectivity index (χ1) is 12.4. The van der Waals surface area contributed by atoms with Crippen molar-refractivity contribution in [3.63, 3.8) is 0 Å². The molecule has 3 rings (SSSR count). The highest BCUT2D eigenvalue weighted by Crippen LogP contribution is 2.40. The van der Waals surface area contributed by atoms with E-state index in [4.69, 9.17) is 9.29 Å². The van der Waals surface area contributed by atoms with Gasteiger partial charge in [0.15, 0.2) is 11.1 Å². The van der Waals surface area contributed by atoms with E-state index < -0.39 is 28.7 Å². The largest absolute Gasteiger partial charge is 0.423 e. The highest BCUT2D eigenvalue weighted by Gasteiger charge is 2.33. The van der Waals surface area contributed by atoms with Crippen molar-refractivity contribution in [1.29, 1.82) is 0 Å². The van der Waals surface area contributed by atoms with Crippen molar-refractivity contribution >= 4 is 28.2 Å². The second-order valence-corrected chi connectivity index (χ2v) is 6.51. The molecule has 0 fully saturated rings. The van der Waals surface area contributed by atoms with E-state index in [2.05, 4.69) is 0 Å². The molecule has 0 amide bonds. The van der Waals surface area contributed by atoms with Crippen LogP contribution < -0.4 is 0 Å². The number of carbonyl (C=O) groups excluding carboxylic acids is 1. The summed E-state index contributed by atoms with van der Waals surface area (Å²) in [5, 5.41) is 0. The van der Waals surface area contributed by atoms with Crippen LogP contribution in [0.4, 0.5) is 8.78 Å². The van der Waals surface area contributed by atoms with Crippen LogP contribution in [0.5, 0.6) is 0 Å². The Labute approximate surface area is 151 Å². The fourth-order valence-corrected chi connectivity index (χ4v) is 3.26. The number of esters is 1. The summed E-state index contributed by atoms with van der Waals surface area (Å²) in [6.45, 7) is 1.64. The zero-order valence-corrected chi connectivity index (χ0v) is 14.5. The molecule has 0 bridgehead atoms. The molecule has 0 aliphatic carbocycles. The Kier molecular flexibility index (Phi) is 5.11. The summed E-state index contributed by atoms with van der Waals surface area (Å²) in [7, 11) is 0. The minimum Gasteiger partial charge on any atom is -0.423 e. The zero-order valence-electron chi connectivity index (χ0n) is 13.7. The molecule has 2 aromatic rings. The van der Waals surface area contributed by atoms with Gasteiger partial charge in [0, 0.05) is 11.1 Å². The second-order valence-electron chi connectivity index (χ2n) is 5.58. The fraction of sp³-hybridized carbons (Fsp3) is 0.105. The molecule has 0 spiro atoms. The van der Waals surface area contributed by atoms with Crippen LogP contribution >= 0.6 is 0 Å². The van der Waals surface area contributed by atoms with Crippen LogP contribution in [-0.2, 0) is 26.4 Å². The van der Waals surface area contributed by atoms with Crippen molar-refractivity contribution in [2.45, 2.75) is 12.7 Å². The van der Waals surface area contributed by atoms with Crippen LogP contribution in [0.1, 0.15) is 23.6 Å². The lowest BCUT2D eigenvalue weighted by Gasteiger charge is -2.09. The van der Waals surface area contributed by atoms with Gasteiger partial charge in [-0.25, -0.2) is 17.8 Å². The summed E-state index contributed by atoms with van der Waals surface area (Å²) in [5.41, 5.74) is 0.997.